The van der Waals surface area contributed by atoms with E-state index < -0.39 is 0 Å². The molecule has 0 aliphatic carbocycles. The highest BCUT2D eigenvalue weighted by atomic mass is 79.9. The summed E-state index contributed by atoms with van der Waals surface area (Å²) in [6.45, 7) is 8.45. The largest absolute Gasteiger partial charge is 0.113 e. The molecule has 100 valence electrons. The third-order valence-corrected chi connectivity index (χ3v) is 4.99. The Morgan fingerprint density at radius 2 is 1.53 bits per heavy atom. The van der Waals surface area contributed by atoms with Gasteiger partial charge in [0.15, 0.2) is 0 Å². The Kier molecular flexibility index (Phi) is 4.37. The monoisotopic (exact) mass is 336 g/mol. The van der Waals surface area contributed by atoms with E-state index in [1.807, 2.05) is 0 Å². The third-order valence-electron chi connectivity index (χ3n) is 3.64. The zero-order valence-corrected chi connectivity index (χ0v) is 14.1. The van der Waals surface area contributed by atoms with Crippen LogP contribution in [0.4, 0.5) is 0 Å². The van der Waals surface area contributed by atoms with Crippen LogP contribution in [-0.4, -0.2) is 0 Å². The van der Waals surface area contributed by atoms with E-state index in [2.05, 4.69) is 74.0 Å². The first-order valence-electron chi connectivity index (χ1n) is 6.38. The first-order chi connectivity index (χ1) is 8.90. The minimum atomic E-state index is -0.0916. The first kappa shape index (κ1) is 14.6. The van der Waals surface area contributed by atoms with E-state index in [-0.39, 0.29) is 5.38 Å². The van der Waals surface area contributed by atoms with Crippen molar-refractivity contribution in [3.8, 4) is 0 Å². The average molecular weight is 338 g/mol. The Labute approximate surface area is 128 Å². The van der Waals surface area contributed by atoms with Crippen molar-refractivity contribution in [2.45, 2.75) is 33.1 Å². The molecule has 1 unspecified atom stereocenters. The smallest absolute Gasteiger partial charge is 0.0838 e. The topological polar surface area (TPSA) is 0 Å². The summed E-state index contributed by atoms with van der Waals surface area (Å²) in [6.07, 6.45) is 0. The Balaban J connectivity index is 2.46. The fraction of sp³-hybridized carbons (Fsp3) is 0.294. The van der Waals surface area contributed by atoms with Gasteiger partial charge in [0.1, 0.15) is 0 Å². The molecule has 0 radical (unpaired) electrons. The average Bonchev–Trinajstić information content (AvgIpc) is 2.36. The van der Waals surface area contributed by atoms with E-state index in [1.165, 1.54) is 27.8 Å². The molecule has 0 saturated heterocycles. The highest BCUT2D eigenvalue weighted by molar-refractivity contribution is 9.10. The fourth-order valence-electron chi connectivity index (χ4n) is 2.18. The van der Waals surface area contributed by atoms with Crippen molar-refractivity contribution < 1.29 is 0 Å². The molecule has 0 spiro atoms. The van der Waals surface area contributed by atoms with Gasteiger partial charge in [0.25, 0.3) is 0 Å². The van der Waals surface area contributed by atoms with Gasteiger partial charge in [0.2, 0.25) is 0 Å². The highest BCUT2D eigenvalue weighted by Crippen LogP contribution is 2.34. The lowest BCUT2D eigenvalue weighted by Gasteiger charge is -2.16. The van der Waals surface area contributed by atoms with Crippen LogP contribution < -0.4 is 0 Å². The zero-order valence-electron chi connectivity index (χ0n) is 11.7. The number of aryl methyl sites for hydroxylation is 4. The second kappa shape index (κ2) is 5.68. The third kappa shape index (κ3) is 3.04. The van der Waals surface area contributed by atoms with Gasteiger partial charge in [0, 0.05) is 4.47 Å². The fourth-order valence-corrected chi connectivity index (χ4v) is 3.01. The summed E-state index contributed by atoms with van der Waals surface area (Å²) in [5.41, 5.74) is 7.37. The first-order valence-corrected chi connectivity index (χ1v) is 7.61. The Hall–Kier alpha value is -0.790. The van der Waals surface area contributed by atoms with Gasteiger partial charge < -0.3 is 0 Å². The van der Waals surface area contributed by atoms with E-state index in [0.29, 0.717) is 0 Å². The Morgan fingerprint density at radius 1 is 0.842 bits per heavy atom. The summed E-state index contributed by atoms with van der Waals surface area (Å²) in [7, 11) is 0. The second-order valence-corrected chi connectivity index (χ2v) is 6.46. The van der Waals surface area contributed by atoms with E-state index in [9.17, 15) is 0 Å². The Morgan fingerprint density at radius 3 is 2.16 bits per heavy atom. The van der Waals surface area contributed by atoms with Gasteiger partial charge in [-0.25, -0.2) is 0 Å². The van der Waals surface area contributed by atoms with E-state index in [1.54, 1.807) is 0 Å². The number of rotatable bonds is 2. The molecule has 0 bridgehead atoms. The normalized spacial score (nSPS) is 12.5. The van der Waals surface area contributed by atoms with Gasteiger partial charge in [0.05, 0.1) is 5.38 Å². The zero-order chi connectivity index (χ0) is 14.2. The van der Waals surface area contributed by atoms with Crippen LogP contribution in [0.25, 0.3) is 0 Å². The summed E-state index contributed by atoms with van der Waals surface area (Å²) in [5, 5.41) is -0.0916. The quantitative estimate of drug-likeness (QED) is 0.589. The van der Waals surface area contributed by atoms with Gasteiger partial charge in [-0.15, -0.1) is 11.6 Å². The molecule has 0 amide bonds. The molecule has 0 aliphatic rings. The van der Waals surface area contributed by atoms with Crippen molar-refractivity contribution in [2.24, 2.45) is 0 Å². The van der Waals surface area contributed by atoms with Gasteiger partial charge in [-0.3, -0.25) is 0 Å². The Bertz CT molecular complexity index is 617. The highest BCUT2D eigenvalue weighted by Gasteiger charge is 2.15. The molecular weight excluding hydrogens is 320 g/mol. The molecule has 0 saturated carbocycles. The summed E-state index contributed by atoms with van der Waals surface area (Å²) in [5.74, 6) is 0. The van der Waals surface area contributed by atoms with Crippen molar-refractivity contribution in [3.63, 3.8) is 0 Å². The number of benzene rings is 2. The molecule has 0 heterocycles. The number of hydrogen-bond donors (Lipinski definition) is 0. The van der Waals surface area contributed by atoms with Gasteiger partial charge in [-0.1, -0.05) is 40.2 Å². The predicted molar refractivity (Wildman–Crippen MR) is 87.2 cm³/mol. The number of alkyl halides is 1. The van der Waals surface area contributed by atoms with Crippen molar-refractivity contribution in [2.75, 3.05) is 0 Å². The van der Waals surface area contributed by atoms with Crippen LogP contribution in [0.2, 0.25) is 0 Å². The molecule has 0 nitrogen and oxygen atoms in total. The van der Waals surface area contributed by atoms with Crippen LogP contribution in [0, 0.1) is 27.7 Å². The summed E-state index contributed by atoms with van der Waals surface area (Å²) < 4.78 is 1.14. The molecule has 0 aliphatic heterocycles. The number of halogens is 2. The van der Waals surface area contributed by atoms with Crippen LogP contribution in [-0.2, 0) is 0 Å². The van der Waals surface area contributed by atoms with Crippen LogP contribution in [0.5, 0.6) is 0 Å². The molecule has 0 N–H and O–H groups in total. The standard InChI is InChI=1S/C17H18BrCl/c1-10-5-6-14(7-11(10)2)17(19)15-8-13(4)16(18)9-12(15)3/h5-9,17H,1-4H3. The maximum absolute atomic E-state index is 6.67. The van der Waals surface area contributed by atoms with Crippen molar-refractivity contribution in [1.29, 1.82) is 0 Å². The molecule has 19 heavy (non-hydrogen) atoms. The maximum atomic E-state index is 6.67. The summed E-state index contributed by atoms with van der Waals surface area (Å²) in [6, 6.07) is 10.8. The lowest BCUT2D eigenvalue weighted by Crippen LogP contribution is -1.99. The molecule has 0 aromatic heterocycles. The van der Waals surface area contributed by atoms with E-state index in [4.69, 9.17) is 11.6 Å². The predicted octanol–water partition coefficient (Wildman–Crippen LogP) is 6.01. The van der Waals surface area contributed by atoms with Crippen LogP contribution in [0.1, 0.15) is 38.8 Å². The molecule has 2 aromatic carbocycles. The molecule has 2 rings (SSSR count). The van der Waals surface area contributed by atoms with E-state index >= 15 is 0 Å². The van der Waals surface area contributed by atoms with Crippen molar-refractivity contribution in [1.82, 2.24) is 0 Å². The minimum Gasteiger partial charge on any atom is -0.113 e. The second-order valence-electron chi connectivity index (χ2n) is 5.16. The SMILES string of the molecule is Cc1ccc(C(Cl)c2cc(C)c(Br)cc2C)cc1C. The molecular formula is C17H18BrCl. The lowest BCUT2D eigenvalue weighted by atomic mass is 9.96. The maximum Gasteiger partial charge on any atom is 0.0838 e. The summed E-state index contributed by atoms with van der Waals surface area (Å²) in [4.78, 5) is 0. The minimum absolute atomic E-state index is 0.0916. The molecule has 2 aromatic rings. The summed E-state index contributed by atoms with van der Waals surface area (Å²) >= 11 is 10.2. The van der Waals surface area contributed by atoms with Crippen LogP contribution >= 0.6 is 27.5 Å². The van der Waals surface area contributed by atoms with E-state index in [0.717, 1.165) is 10.0 Å². The van der Waals surface area contributed by atoms with Crippen LogP contribution in [0.15, 0.2) is 34.8 Å². The van der Waals surface area contributed by atoms with Gasteiger partial charge in [-0.2, -0.15) is 0 Å². The number of hydrogen-bond acceptors (Lipinski definition) is 0. The van der Waals surface area contributed by atoms with Crippen molar-refractivity contribution in [3.05, 3.63) is 68.2 Å². The van der Waals surface area contributed by atoms with Gasteiger partial charge in [-0.05, 0) is 67.1 Å². The van der Waals surface area contributed by atoms with Crippen molar-refractivity contribution >= 4 is 27.5 Å². The molecule has 1 atom stereocenters. The molecule has 2 heteroatoms. The lowest BCUT2D eigenvalue weighted by molar-refractivity contribution is 1.09. The molecule has 0 fully saturated rings. The van der Waals surface area contributed by atoms with Crippen LogP contribution in [0.3, 0.4) is 0 Å². The van der Waals surface area contributed by atoms with Gasteiger partial charge >= 0.3 is 0 Å².